The minimum absolute atomic E-state index is 0.138. The van der Waals surface area contributed by atoms with Crippen molar-refractivity contribution in [3.05, 3.63) is 17.7 Å². The Kier molecular flexibility index (Phi) is 4.35. The third-order valence-corrected chi connectivity index (χ3v) is 6.66. The van der Waals surface area contributed by atoms with E-state index in [0.717, 1.165) is 37.1 Å². The number of sulfone groups is 1. The zero-order chi connectivity index (χ0) is 15.7. The second-order valence-electron chi connectivity index (χ2n) is 6.86. The number of ether oxygens (including phenoxy) is 1. The highest BCUT2D eigenvalue weighted by molar-refractivity contribution is 7.91. The lowest BCUT2D eigenvalue weighted by Gasteiger charge is -2.24. The molecule has 0 fully saturated rings. The van der Waals surface area contributed by atoms with Gasteiger partial charge < -0.3 is 10.1 Å². The van der Waals surface area contributed by atoms with E-state index in [2.05, 4.69) is 12.2 Å². The molecule has 0 aliphatic carbocycles. The van der Waals surface area contributed by atoms with Gasteiger partial charge >= 0.3 is 0 Å². The molecule has 4 nitrogen and oxygen atoms in total. The summed E-state index contributed by atoms with van der Waals surface area (Å²) < 4.78 is 31.1. The van der Waals surface area contributed by atoms with E-state index in [1.54, 1.807) is 0 Å². The molecule has 2 atom stereocenters. The standard InChI is InChI=1S/C17H25NO3S/c1-12-4-3-5-14-8-17-16(9-15(14)18-10-12)21-7-6-13(2)11-22(17,19)20/h8-9,12-13,18H,3-7,10-11H2,1-2H3. The molecular formula is C17H25NO3S. The molecule has 122 valence electrons. The van der Waals surface area contributed by atoms with E-state index in [4.69, 9.17) is 4.74 Å². The van der Waals surface area contributed by atoms with Crippen LogP contribution in [0.5, 0.6) is 5.75 Å². The van der Waals surface area contributed by atoms with Crippen LogP contribution < -0.4 is 10.1 Å². The van der Waals surface area contributed by atoms with E-state index in [1.165, 1.54) is 6.42 Å². The van der Waals surface area contributed by atoms with Crippen LogP contribution in [0.3, 0.4) is 0 Å². The summed E-state index contributed by atoms with van der Waals surface area (Å²) in [6.07, 6.45) is 3.97. The molecule has 2 aliphatic heterocycles. The lowest BCUT2D eigenvalue weighted by atomic mass is 9.97. The maximum absolute atomic E-state index is 12.6. The summed E-state index contributed by atoms with van der Waals surface area (Å²) in [7, 11) is -3.27. The van der Waals surface area contributed by atoms with E-state index in [9.17, 15) is 8.42 Å². The van der Waals surface area contributed by atoms with Gasteiger partial charge in [-0.3, -0.25) is 0 Å². The molecule has 0 amide bonds. The zero-order valence-electron chi connectivity index (χ0n) is 13.4. The minimum Gasteiger partial charge on any atom is -0.492 e. The van der Waals surface area contributed by atoms with Crippen LogP contribution in [0.2, 0.25) is 0 Å². The smallest absolute Gasteiger partial charge is 0.182 e. The summed E-state index contributed by atoms with van der Waals surface area (Å²) in [4.78, 5) is 0.383. The van der Waals surface area contributed by atoms with Crippen molar-refractivity contribution >= 4 is 15.5 Å². The Labute approximate surface area is 133 Å². The summed E-state index contributed by atoms with van der Waals surface area (Å²) in [5.41, 5.74) is 2.14. The molecule has 0 aromatic heterocycles. The second-order valence-corrected chi connectivity index (χ2v) is 8.86. The summed E-state index contributed by atoms with van der Waals surface area (Å²) in [5.74, 6) is 1.51. The highest BCUT2D eigenvalue weighted by atomic mass is 32.2. The number of hydrogen-bond acceptors (Lipinski definition) is 4. The molecule has 0 spiro atoms. The third kappa shape index (κ3) is 3.24. The molecule has 2 aliphatic rings. The summed E-state index contributed by atoms with van der Waals surface area (Å²) >= 11 is 0. The minimum atomic E-state index is -3.27. The molecular weight excluding hydrogens is 298 g/mol. The Morgan fingerprint density at radius 1 is 1.18 bits per heavy atom. The molecule has 0 radical (unpaired) electrons. The number of aryl methyl sites for hydroxylation is 1. The zero-order valence-corrected chi connectivity index (χ0v) is 14.2. The lowest BCUT2D eigenvalue weighted by molar-refractivity contribution is 0.279. The van der Waals surface area contributed by atoms with Gasteiger partial charge in [-0.05, 0) is 49.1 Å². The van der Waals surface area contributed by atoms with Gasteiger partial charge in [-0.15, -0.1) is 0 Å². The van der Waals surface area contributed by atoms with E-state index >= 15 is 0 Å². The predicted octanol–water partition coefficient (Wildman–Crippen LogP) is 3.26. The summed E-state index contributed by atoms with van der Waals surface area (Å²) in [5, 5.41) is 3.46. The first-order chi connectivity index (χ1) is 10.5. The molecule has 1 aromatic carbocycles. The van der Waals surface area contributed by atoms with Crippen molar-refractivity contribution in [3.8, 4) is 5.75 Å². The number of anilines is 1. The maximum atomic E-state index is 12.6. The van der Waals surface area contributed by atoms with Crippen LogP contribution in [0.4, 0.5) is 5.69 Å². The van der Waals surface area contributed by atoms with E-state index < -0.39 is 9.84 Å². The van der Waals surface area contributed by atoms with Crippen molar-refractivity contribution in [3.63, 3.8) is 0 Å². The van der Waals surface area contributed by atoms with Gasteiger partial charge in [0.25, 0.3) is 0 Å². The van der Waals surface area contributed by atoms with Crippen molar-refractivity contribution in [2.75, 3.05) is 24.2 Å². The molecule has 1 N–H and O–H groups in total. The van der Waals surface area contributed by atoms with Crippen LogP contribution in [0.25, 0.3) is 0 Å². The highest BCUT2D eigenvalue weighted by Gasteiger charge is 2.27. The van der Waals surface area contributed by atoms with Crippen molar-refractivity contribution < 1.29 is 13.2 Å². The first-order valence-electron chi connectivity index (χ1n) is 8.22. The predicted molar refractivity (Wildman–Crippen MR) is 88.4 cm³/mol. The van der Waals surface area contributed by atoms with Crippen LogP contribution >= 0.6 is 0 Å². The Hall–Kier alpha value is -1.23. The maximum Gasteiger partial charge on any atom is 0.182 e. The first kappa shape index (κ1) is 15.7. The third-order valence-electron chi connectivity index (χ3n) is 4.66. The SMILES string of the molecule is CC1CCCc2cc3c(cc2NC1)OCCC(C)CS3(=O)=O. The topological polar surface area (TPSA) is 55.4 Å². The fraction of sp³-hybridized carbons (Fsp3) is 0.647. The quantitative estimate of drug-likeness (QED) is 0.796. The second kappa shape index (κ2) is 6.11. The number of rotatable bonds is 0. The van der Waals surface area contributed by atoms with Crippen LogP contribution in [0.15, 0.2) is 17.0 Å². The van der Waals surface area contributed by atoms with Gasteiger partial charge in [0.2, 0.25) is 0 Å². The van der Waals surface area contributed by atoms with Gasteiger partial charge in [0.15, 0.2) is 9.84 Å². The average molecular weight is 323 g/mol. The molecule has 2 unspecified atom stereocenters. The fourth-order valence-corrected chi connectivity index (χ4v) is 5.12. The van der Waals surface area contributed by atoms with E-state index in [1.807, 2.05) is 19.1 Å². The van der Waals surface area contributed by atoms with Gasteiger partial charge in [-0.25, -0.2) is 8.42 Å². The summed E-state index contributed by atoms with van der Waals surface area (Å²) in [6.45, 7) is 5.73. The largest absolute Gasteiger partial charge is 0.492 e. The molecule has 5 heteroatoms. The molecule has 0 saturated carbocycles. The Morgan fingerprint density at radius 2 is 2.00 bits per heavy atom. The van der Waals surface area contributed by atoms with E-state index in [0.29, 0.717) is 23.2 Å². The molecule has 1 aromatic rings. The van der Waals surface area contributed by atoms with Crippen molar-refractivity contribution in [2.24, 2.45) is 11.8 Å². The normalized spacial score (nSPS) is 27.7. The Morgan fingerprint density at radius 3 is 2.82 bits per heavy atom. The first-order valence-corrected chi connectivity index (χ1v) is 9.87. The number of benzene rings is 1. The van der Waals surface area contributed by atoms with Crippen molar-refractivity contribution in [1.29, 1.82) is 0 Å². The number of hydrogen-bond donors (Lipinski definition) is 1. The highest BCUT2D eigenvalue weighted by Crippen LogP contribution is 2.36. The number of nitrogens with one attached hydrogen (secondary N) is 1. The Bertz CT molecular complexity index is 654. The molecule has 2 heterocycles. The molecule has 0 saturated heterocycles. The van der Waals surface area contributed by atoms with Crippen LogP contribution in [-0.4, -0.2) is 27.3 Å². The average Bonchev–Trinajstić information content (AvgIpc) is 2.42. The lowest BCUT2D eigenvalue weighted by Crippen LogP contribution is -2.22. The van der Waals surface area contributed by atoms with Gasteiger partial charge in [0.05, 0.1) is 12.4 Å². The van der Waals surface area contributed by atoms with Gasteiger partial charge in [-0.1, -0.05) is 13.8 Å². The van der Waals surface area contributed by atoms with Crippen molar-refractivity contribution in [1.82, 2.24) is 0 Å². The summed E-state index contributed by atoms with van der Waals surface area (Å²) in [6, 6.07) is 3.75. The van der Waals surface area contributed by atoms with Crippen LogP contribution in [0, 0.1) is 11.8 Å². The fourth-order valence-electron chi connectivity index (χ4n) is 3.27. The van der Waals surface area contributed by atoms with Crippen LogP contribution in [-0.2, 0) is 16.3 Å². The van der Waals surface area contributed by atoms with Gasteiger partial charge in [0.1, 0.15) is 10.6 Å². The molecule has 0 bridgehead atoms. The molecule has 3 rings (SSSR count). The van der Waals surface area contributed by atoms with Crippen LogP contribution in [0.1, 0.15) is 38.7 Å². The molecule has 22 heavy (non-hydrogen) atoms. The Balaban J connectivity index is 2.04. The number of fused-ring (bicyclic) bond motifs is 2. The van der Waals surface area contributed by atoms with Gasteiger partial charge in [0, 0.05) is 18.3 Å². The monoisotopic (exact) mass is 323 g/mol. The van der Waals surface area contributed by atoms with Crippen molar-refractivity contribution in [2.45, 2.75) is 44.4 Å². The van der Waals surface area contributed by atoms with Gasteiger partial charge in [-0.2, -0.15) is 0 Å². The van der Waals surface area contributed by atoms with E-state index in [-0.39, 0.29) is 11.7 Å².